The molecule has 1 aliphatic carbocycles. The fourth-order valence-corrected chi connectivity index (χ4v) is 1.64. The maximum atomic E-state index is 13.3. The van der Waals surface area contributed by atoms with Gasteiger partial charge in [-0.1, -0.05) is 0 Å². The van der Waals surface area contributed by atoms with Gasteiger partial charge in [-0.05, 0) is 44.9 Å². The van der Waals surface area contributed by atoms with Crippen LogP contribution in [0.3, 0.4) is 0 Å². The van der Waals surface area contributed by atoms with Crippen molar-refractivity contribution in [3.8, 4) is 5.75 Å². The van der Waals surface area contributed by atoms with E-state index in [-0.39, 0.29) is 11.9 Å². The Bertz CT molecular complexity index is 405. The van der Waals surface area contributed by atoms with Crippen molar-refractivity contribution in [1.82, 2.24) is 5.32 Å². The van der Waals surface area contributed by atoms with Gasteiger partial charge in [0.2, 0.25) is 0 Å². The first-order chi connectivity index (χ1) is 8.56. The molecular weight excluding hydrogens is 233 g/mol. The number of hydrogen-bond acceptors (Lipinski definition) is 3. The summed E-state index contributed by atoms with van der Waals surface area (Å²) in [6, 6.07) is 5.05. The van der Waals surface area contributed by atoms with Gasteiger partial charge in [0.05, 0.1) is 6.10 Å². The van der Waals surface area contributed by atoms with Gasteiger partial charge in [0.25, 0.3) is 0 Å². The van der Waals surface area contributed by atoms with Crippen molar-refractivity contribution < 1.29 is 14.2 Å². The van der Waals surface area contributed by atoms with E-state index >= 15 is 0 Å². The Hall–Kier alpha value is -1.13. The van der Waals surface area contributed by atoms with Crippen molar-refractivity contribution in [3.05, 3.63) is 29.6 Å². The highest BCUT2D eigenvalue weighted by Crippen LogP contribution is 2.24. The summed E-state index contributed by atoms with van der Waals surface area (Å²) in [5, 5.41) is 12.8. The first-order valence-corrected chi connectivity index (χ1v) is 6.43. The van der Waals surface area contributed by atoms with Crippen LogP contribution >= 0.6 is 0 Å². The van der Waals surface area contributed by atoms with Crippen LogP contribution in [0.15, 0.2) is 18.2 Å². The molecule has 18 heavy (non-hydrogen) atoms. The van der Waals surface area contributed by atoms with Crippen LogP contribution in [0.4, 0.5) is 4.39 Å². The molecule has 2 rings (SSSR count). The fourth-order valence-electron chi connectivity index (χ4n) is 1.64. The van der Waals surface area contributed by atoms with Crippen LogP contribution in [0.2, 0.25) is 0 Å². The highest BCUT2D eigenvalue weighted by atomic mass is 19.1. The third kappa shape index (κ3) is 3.68. The first-order valence-electron chi connectivity index (χ1n) is 6.43. The number of hydrogen-bond donors (Lipinski definition) is 2. The SMILES string of the molecule is CC(O)C(C)Oc1ccc(F)cc1CNC1CC1. The molecule has 100 valence electrons. The van der Waals surface area contributed by atoms with Crippen molar-refractivity contribution in [1.29, 1.82) is 0 Å². The van der Waals surface area contributed by atoms with Gasteiger partial charge in [-0.15, -0.1) is 0 Å². The Morgan fingerprint density at radius 1 is 1.44 bits per heavy atom. The van der Waals surface area contributed by atoms with Gasteiger partial charge < -0.3 is 15.2 Å². The predicted octanol–water partition coefficient (Wildman–Crippen LogP) is 2.23. The molecule has 0 amide bonds. The predicted molar refractivity (Wildman–Crippen MR) is 68.0 cm³/mol. The molecule has 1 aliphatic rings. The molecule has 0 bridgehead atoms. The number of ether oxygens (including phenoxy) is 1. The number of rotatable bonds is 6. The molecule has 0 saturated heterocycles. The maximum absolute atomic E-state index is 13.3. The molecule has 1 saturated carbocycles. The van der Waals surface area contributed by atoms with Crippen LogP contribution in [-0.2, 0) is 6.54 Å². The molecule has 2 atom stereocenters. The Balaban J connectivity index is 2.06. The summed E-state index contributed by atoms with van der Waals surface area (Å²) in [7, 11) is 0. The monoisotopic (exact) mass is 253 g/mol. The summed E-state index contributed by atoms with van der Waals surface area (Å²) in [6.07, 6.45) is 1.51. The molecule has 0 aliphatic heterocycles. The number of nitrogens with one attached hydrogen (secondary N) is 1. The minimum absolute atomic E-state index is 0.264. The second-order valence-corrected chi connectivity index (χ2v) is 4.97. The molecule has 2 N–H and O–H groups in total. The Labute approximate surface area is 107 Å². The van der Waals surface area contributed by atoms with E-state index in [0.29, 0.717) is 18.3 Å². The Morgan fingerprint density at radius 3 is 2.78 bits per heavy atom. The van der Waals surface area contributed by atoms with Crippen molar-refractivity contribution >= 4 is 0 Å². The van der Waals surface area contributed by atoms with E-state index in [1.807, 2.05) is 0 Å². The largest absolute Gasteiger partial charge is 0.488 e. The summed E-state index contributed by atoms with van der Waals surface area (Å²) in [5.41, 5.74) is 0.800. The normalized spacial score (nSPS) is 18.4. The lowest BCUT2D eigenvalue weighted by molar-refractivity contribution is 0.0597. The van der Waals surface area contributed by atoms with Crippen LogP contribution in [0.1, 0.15) is 32.3 Å². The molecule has 1 aromatic carbocycles. The molecular formula is C14H20FNO2. The number of halogens is 1. The van der Waals surface area contributed by atoms with Crippen LogP contribution in [-0.4, -0.2) is 23.4 Å². The smallest absolute Gasteiger partial charge is 0.124 e. The van der Waals surface area contributed by atoms with E-state index in [2.05, 4.69) is 5.32 Å². The third-order valence-electron chi connectivity index (χ3n) is 3.17. The third-order valence-corrected chi connectivity index (χ3v) is 3.17. The highest BCUT2D eigenvalue weighted by Gasteiger charge is 2.21. The molecule has 3 nitrogen and oxygen atoms in total. The zero-order chi connectivity index (χ0) is 13.1. The fraction of sp³-hybridized carbons (Fsp3) is 0.571. The van der Waals surface area contributed by atoms with E-state index in [9.17, 15) is 9.50 Å². The lowest BCUT2D eigenvalue weighted by Gasteiger charge is -2.19. The zero-order valence-electron chi connectivity index (χ0n) is 10.8. The minimum Gasteiger partial charge on any atom is -0.488 e. The quantitative estimate of drug-likeness (QED) is 0.817. The molecule has 0 radical (unpaired) electrons. The van der Waals surface area contributed by atoms with Gasteiger partial charge in [0.15, 0.2) is 0 Å². The van der Waals surface area contributed by atoms with E-state index in [1.165, 1.54) is 25.0 Å². The summed E-state index contributed by atoms with van der Waals surface area (Å²) in [6.45, 7) is 4.08. The Morgan fingerprint density at radius 2 is 2.17 bits per heavy atom. The van der Waals surface area contributed by atoms with Gasteiger partial charge in [-0.25, -0.2) is 4.39 Å². The molecule has 2 unspecified atom stereocenters. The van der Waals surface area contributed by atoms with Gasteiger partial charge in [0.1, 0.15) is 17.7 Å². The number of benzene rings is 1. The molecule has 0 aromatic heterocycles. The average molecular weight is 253 g/mol. The van der Waals surface area contributed by atoms with Gasteiger partial charge in [-0.2, -0.15) is 0 Å². The van der Waals surface area contributed by atoms with Crippen molar-refractivity contribution in [2.75, 3.05) is 0 Å². The molecule has 1 fully saturated rings. The zero-order valence-corrected chi connectivity index (χ0v) is 10.8. The summed E-state index contributed by atoms with van der Waals surface area (Å²) >= 11 is 0. The van der Waals surface area contributed by atoms with E-state index in [4.69, 9.17) is 4.74 Å². The Kier molecular flexibility index (Phi) is 4.19. The highest BCUT2D eigenvalue weighted by molar-refractivity contribution is 5.34. The average Bonchev–Trinajstić information content (AvgIpc) is 3.13. The van der Waals surface area contributed by atoms with Crippen molar-refractivity contribution in [2.45, 2.75) is 51.5 Å². The van der Waals surface area contributed by atoms with Crippen LogP contribution in [0.5, 0.6) is 5.75 Å². The number of aliphatic hydroxyl groups is 1. The minimum atomic E-state index is -0.556. The molecule has 0 spiro atoms. The lowest BCUT2D eigenvalue weighted by atomic mass is 10.1. The van der Waals surface area contributed by atoms with E-state index in [1.54, 1.807) is 19.9 Å². The van der Waals surface area contributed by atoms with Crippen LogP contribution in [0.25, 0.3) is 0 Å². The molecule has 1 aromatic rings. The number of aliphatic hydroxyl groups excluding tert-OH is 1. The summed E-state index contributed by atoms with van der Waals surface area (Å²) in [5.74, 6) is 0.373. The second kappa shape index (κ2) is 5.67. The topological polar surface area (TPSA) is 41.5 Å². The molecule has 4 heteroatoms. The van der Waals surface area contributed by atoms with Gasteiger partial charge in [0, 0.05) is 18.2 Å². The van der Waals surface area contributed by atoms with Gasteiger partial charge in [-0.3, -0.25) is 0 Å². The maximum Gasteiger partial charge on any atom is 0.124 e. The van der Waals surface area contributed by atoms with Crippen molar-refractivity contribution in [3.63, 3.8) is 0 Å². The molecule has 0 heterocycles. The van der Waals surface area contributed by atoms with E-state index in [0.717, 1.165) is 5.56 Å². The standard InChI is InChI=1S/C14H20FNO2/c1-9(17)10(2)18-14-6-3-12(15)7-11(14)8-16-13-4-5-13/h3,6-7,9-10,13,16-17H,4-5,8H2,1-2H3. The van der Waals surface area contributed by atoms with Crippen molar-refractivity contribution in [2.24, 2.45) is 0 Å². The second-order valence-electron chi connectivity index (χ2n) is 4.97. The lowest BCUT2D eigenvalue weighted by Crippen LogP contribution is -2.26. The summed E-state index contributed by atoms with van der Waals surface area (Å²) in [4.78, 5) is 0. The van der Waals surface area contributed by atoms with Crippen LogP contribution < -0.4 is 10.1 Å². The van der Waals surface area contributed by atoms with Crippen LogP contribution in [0, 0.1) is 5.82 Å². The van der Waals surface area contributed by atoms with E-state index < -0.39 is 6.10 Å². The first kappa shape index (κ1) is 13.3. The summed E-state index contributed by atoms with van der Waals surface area (Å²) < 4.78 is 18.9. The van der Waals surface area contributed by atoms with Gasteiger partial charge >= 0.3 is 0 Å².